The van der Waals surface area contributed by atoms with Crippen molar-refractivity contribution < 1.29 is 28.9 Å². The smallest absolute Gasteiger partial charge is 0.177 e. The van der Waals surface area contributed by atoms with Crippen molar-refractivity contribution in [2.45, 2.75) is 65.7 Å². The summed E-state index contributed by atoms with van der Waals surface area (Å²) >= 11 is 0. The Hall–Kier alpha value is -7.11. The average molecular weight is 1060 g/mol. The van der Waals surface area contributed by atoms with Crippen LogP contribution >= 0.6 is 0 Å². The first kappa shape index (κ1) is 44.7. The summed E-state index contributed by atoms with van der Waals surface area (Å²) in [6, 6.07) is 64.0. The molecule has 0 amide bonds. The van der Waals surface area contributed by atoms with Crippen molar-refractivity contribution >= 4 is 65.7 Å². The molecule has 6 heteroatoms. The molecule has 0 spiro atoms. The third kappa shape index (κ3) is 7.92. The van der Waals surface area contributed by atoms with Gasteiger partial charge in [-0.2, -0.15) is 0 Å². The quantitative estimate of drug-likeness (QED) is 0.156. The van der Waals surface area contributed by atoms with Crippen LogP contribution in [0.3, 0.4) is 0 Å². The minimum Gasteiger partial charge on any atom is -0.497 e. The van der Waals surface area contributed by atoms with E-state index in [4.69, 9.17) is 13.8 Å². The summed E-state index contributed by atoms with van der Waals surface area (Å²) in [4.78, 5) is 9.85. The summed E-state index contributed by atoms with van der Waals surface area (Å²) in [6.07, 6.45) is 1.87. The molecule has 0 saturated carbocycles. The number of imidazole rings is 1. The topological polar surface area (TPSA) is 57.0 Å². The summed E-state index contributed by atoms with van der Waals surface area (Å²) in [5.41, 5.74) is 15.6. The first-order valence-electron chi connectivity index (χ1n) is 23.3. The number of fused-ring (bicyclic) bond motifs is 9. The van der Waals surface area contributed by atoms with Gasteiger partial charge in [-0.3, -0.25) is 4.98 Å². The number of nitrogens with zero attached hydrogens (tertiary/aromatic N) is 3. The molecule has 0 aliphatic carbocycles. The molecule has 12 rings (SSSR count). The zero-order chi connectivity index (χ0) is 46.0. The van der Waals surface area contributed by atoms with Crippen LogP contribution in [-0.2, 0) is 25.5 Å². The van der Waals surface area contributed by atoms with Crippen molar-refractivity contribution in [1.29, 1.82) is 0 Å². The van der Waals surface area contributed by atoms with E-state index in [1.807, 2.05) is 54.7 Å². The van der Waals surface area contributed by atoms with Gasteiger partial charge in [-0.15, -0.1) is 54.1 Å². The van der Waals surface area contributed by atoms with E-state index < -0.39 is 0 Å². The van der Waals surface area contributed by atoms with Crippen LogP contribution in [0.15, 0.2) is 179 Å². The molecule has 4 aromatic heterocycles. The molecule has 0 unspecified atom stereocenters. The number of hydrogen-bond acceptors (Lipinski definition) is 4. The Morgan fingerprint density at radius 1 is 0.559 bits per heavy atom. The second-order valence-corrected chi connectivity index (χ2v) is 19.2. The minimum absolute atomic E-state index is 0. The fraction of sp³-hybridized carbons (Fsp3) is 0.161. The molecule has 0 fully saturated rings. The Morgan fingerprint density at radius 2 is 1.21 bits per heavy atom. The molecule has 337 valence electrons. The molecule has 1 radical (unpaired) electrons. The van der Waals surface area contributed by atoms with Crippen LogP contribution in [0.5, 0.6) is 0 Å². The molecule has 0 bridgehead atoms. The summed E-state index contributed by atoms with van der Waals surface area (Å²) < 4.78 is 15.7. The maximum atomic E-state index is 6.90. The first-order valence-corrected chi connectivity index (χ1v) is 23.3. The zero-order valence-corrected chi connectivity index (χ0v) is 41.7. The maximum Gasteiger partial charge on any atom is 0.177 e. The van der Waals surface area contributed by atoms with Crippen molar-refractivity contribution in [1.82, 2.24) is 14.5 Å². The van der Waals surface area contributed by atoms with Crippen LogP contribution in [0.2, 0.25) is 0 Å². The Morgan fingerprint density at radius 3 is 1.91 bits per heavy atom. The predicted octanol–water partition coefficient (Wildman–Crippen LogP) is 17.2. The van der Waals surface area contributed by atoms with Gasteiger partial charge < -0.3 is 18.4 Å². The molecule has 0 atom stereocenters. The average Bonchev–Trinajstić information content (AvgIpc) is 4.05. The number of aromatic nitrogens is 3. The Labute approximate surface area is 410 Å². The predicted molar refractivity (Wildman–Crippen MR) is 278 cm³/mol. The normalized spacial score (nSPS) is 11.9. The summed E-state index contributed by atoms with van der Waals surface area (Å²) in [5.74, 6) is 1.31. The van der Waals surface area contributed by atoms with Crippen molar-refractivity contribution in [3.8, 4) is 39.5 Å². The van der Waals surface area contributed by atoms with Gasteiger partial charge in [0.15, 0.2) is 11.2 Å². The molecule has 0 saturated heterocycles. The third-order valence-electron chi connectivity index (χ3n) is 13.0. The number of furan rings is 2. The third-order valence-corrected chi connectivity index (χ3v) is 13.0. The van der Waals surface area contributed by atoms with Gasteiger partial charge in [0.2, 0.25) is 0 Å². The largest absolute Gasteiger partial charge is 0.497 e. The number of benzene rings is 8. The van der Waals surface area contributed by atoms with Gasteiger partial charge in [0, 0.05) is 48.1 Å². The van der Waals surface area contributed by atoms with Gasteiger partial charge in [-0.05, 0) is 104 Å². The van der Waals surface area contributed by atoms with E-state index in [1.54, 1.807) is 0 Å². The van der Waals surface area contributed by atoms with Crippen LogP contribution in [0.4, 0.5) is 0 Å². The van der Waals surface area contributed by atoms with Gasteiger partial charge >= 0.3 is 0 Å². The Kier molecular flexibility index (Phi) is 11.7. The van der Waals surface area contributed by atoms with E-state index in [1.165, 1.54) is 38.9 Å². The van der Waals surface area contributed by atoms with E-state index >= 15 is 0 Å². The zero-order valence-electron chi connectivity index (χ0n) is 39.3. The van der Waals surface area contributed by atoms with E-state index in [0.29, 0.717) is 0 Å². The Bertz CT molecular complexity index is 3770. The second kappa shape index (κ2) is 17.8. The molecule has 4 heterocycles. The molecule has 0 N–H and O–H groups in total. The molecule has 0 aliphatic rings. The molecule has 0 aliphatic heterocycles. The second-order valence-electron chi connectivity index (χ2n) is 19.2. The summed E-state index contributed by atoms with van der Waals surface area (Å²) in [7, 11) is 0. The van der Waals surface area contributed by atoms with Gasteiger partial charge in [0.25, 0.3) is 0 Å². The molecule has 12 aromatic rings. The molecular formula is C62H51IrN3O2-2. The fourth-order valence-corrected chi connectivity index (χ4v) is 9.52. The van der Waals surface area contributed by atoms with E-state index in [2.05, 4.69) is 185 Å². The molecule has 5 nitrogen and oxygen atoms in total. The van der Waals surface area contributed by atoms with E-state index in [0.717, 1.165) is 82.9 Å². The van der Waals surface area contributed by atoms with Crippen LogP contribution in [0, 0.1) is 12.1 Å². The Balaban J connectivity index is 0.000000270. The molecule has 8 aromatic carbocycles. The van der Waals surface area contributed by atoms with Crippen molar-refractivity contribution in [3.63, 3.8) is 0 Å². The monoisotopic (exact) mass is 1060 g/mol. The fourth-order valence-electron chi connectivity index (χ4n) is 9.52. The number of para-hydroxylation sites is 1. The van der Waals surface area contributed by atoms with Crippen molar-refractivity contribution in [2.75, 3.05) is 0 Å². The van der Waals surface area contributed by atoms with Crippen LogP contribution in [0.25, 0.3) is 105 Å². The summed E-state index contributed by atoms with van der Waals surface area (Å²) in [6.45, 7) is 15.8. The van der Waals surface area contributed by atoms with E-state index in [-0.39, 0.29) is 37.4 Å². The van der Waals surface area contributed by atoms with Crippen LogP contribution < -0.4 is 0 Å². The van der Waals surface area contributed by atoms with Crippen molar-refractivity contribution in [2.24, 2.45) is 0 Å². The van der Waals surface area contributed by atoms with Gasteiger partial charge in [-0.1, -0.05) is 144 Å². The van der Waals surface area contributed by atoms with Crippen LogP contribution in [0.1, 0.15) is 77.0 Å². The maximum absolute atomic E-state index is 6.90. The van der Waals surface area contributed by atoms with Gasteiger partial charge in [-0.25, -0.2) is 0 Å². The number of hydrogen-bond donors (Lipinski definition) is 0. The van der Waals surface area contributed by atoms with Gasteiger partial charge in [0.1, 0.15) is 5.58 Å². The van der Waals surface area contributed by atoms with Gasteiger partial charge in [0.05, 0.1) is 22.4 Å². The number of rotatable bonds is 6. The van der Waals surface area contributed by atoms with Crippen LogP contribution in [-0.4, -0.2) is 14.5 Å². The number of pyridine rings is 1. The first-order chi connectivity index (χ1) is 32.5. The van der Waals surface area contributed by atoms with Crippen molar-refractivity contribution in [3.05, 3.63) is 199 Å². The van der Waals surface area contributed by atoms with E-state index in [9.17, 15) is 0 Å². The summed E-state index contributed by atoms with van der Waals surface area (Å²) in [5, 5.41) is 6.48. The SMILES string of the molecule is CC(C)(C)c1ccnc(-c2[c-]cccc2)c1.CC(C)c1cc(-c2ccccc2)cc(C(C)C)c1-n1c(-c2[c-]ccc3c2oc2c3ccc3c4ccccc4oc32)nc2cc3ccccc3cc21.[Ir]. The molecule has 68 heavy (non-hydrogen) atoms. The standard InChI is InChI=1S/C47H35N2O2.C15H16N.Ir/c1-27(2)38-23-32(29-13-6-5-7-14-29)24-39(28(3)4)43(38)49-41-26-31-16-9-8-15-30(31)25-40(41)48-47(49)37-19-12-18-34-36-22-21-35-33-17-10-11-20-42(33)50-45(35)46(36)51-44(34)37;1-15(2,3)13-9-10-16-14(11-13)12-7-5-4-6-8-12;/h5-18,20-28H,1-4H3;4-7,9-11H,1-3H3;/q2*-1;. The minimum atomic E-state index is 0. The molecular weight excluding hydrogens is 1010 g/mol.